The van der Waals surface area contributed by atoms with Crippen LogP contribution in [0.1, 0.15) is 15.9 Å². The van der Waals surface area contributed by atoms with Crippen LogP contribution in [0.4, 0.5) is 5.69 Å². The van der Waals surface area contributed by atoms with Crippen LogP contribution < -0.4 is 5.43 Å². The minimum absolute atomic E-state index is 0.0117. The average Bonchev–Trinajstić information content (AvgIpc) is 2.86. The second-order valence-corrected chi connectivity index (χ2v) is 8.30. The lowest BCUT2D eigenvalue weighted by atomic mass is 9.90. The molecular formula is C28H16ClNO5. The van der Waals surface area contributed by atoms with E-state index in [1.54, 1.807) is 54.6 Å². The molecule has 35 heavy (non-hydrogen) atoms. The maximum Gasteiger partial charge on any atom is 0.338 e. The normalized spacial score (nSPS) is 10.9. The number of carbonyl (C=O) groups is 1. The number of fused-ring (bicyclic) bond motifs is 2. The van der Waals surface area contributed by atoms with Gasteiger partial charge in [0.25, 0.3) is 0 Å². The van der Waals surface area contributed by atoms with Crippen molar-refractivity contribution in [1.29, 1.82) is 0 Å². The summed E-state index contributed by atoms with van der Waals surface area (Å²) >= 11 is 5.93. The number of esters is 1. The third-order valence-corrected chi connectivity index (χ3v) is 5.83. The summed E-state index contributed by atoms with van der Waals surface area (Å²) in [7, 11) is 0. The summed E-state index contributed by atoms with van der Waals surface area (Å²) in [6.45, 7) is 7.52. The fourth-order valence-electron chi connectivity index (χ4n) is 3.94. The topological polar surface area (TPSA) is 81.1 Å². The van der Waals surface area contributed by atoms with E-state index in [0.29, 0.717) is 44.1 Å². The van der Waals surface area contributed by atoms with Gasteiger partial charge in [0.05, 0.1) is 12.1 Å². The Bertz CT molecular complexity index is 1660. The molecule has 3 aromatic rings. The second kappa shape index (κ2) is 8.98. The average molecular weight is 482 g/mol. The van der Waals surface area contributed by atoms with E-state index in [1.165, 1.54) is 24.3 Å². The standard InChI is InChI=1S/C28H16ClNO5/c1-30-18-6-9-21(28(33)34-15-16-2-4-17(29)5-3-16)24(12-18)27-22-10-7-19(31)13-25(22)35-26-14-20(32)8-11-23(26)27/h2-14,31H,15H2. The zero-order valence-electron chi connectivity index (χ0n) is 18.1. The van der Waals surface area contributed by atoms with Crippen molar-refractivity contribution in [2.45, 2.75) is 6.61 Å². The van der Waals surface area contributed by atoms with Crippen LogP contribution >= 0.6 is 11.6 Å². The molecule has 0 bridgehead atoms. The van der Waals surface area contributed by atoms with Gasteiger partial charge in [-0.05, 0) is 53.6 Å². The lowest BCUT2D eigenvalue weighted by Gasteiger charge is -2.18. The van der Waals surface area contributed by atoms with Crippen molar-refractivity contribution in [1.82, 2.24) is 0 Å². The molecule has 0 amide bonds. The summed E-state index contributed by atoms with van der Waals surface area (Å²) in [5, 5.41) is 11.2. The molecule has 3 aromatic carbocycles. The molecule has 0 saturated carbocycles. The number of hydrogen-bond acceptors (Lipinski definition) is 5. The van der Waals surface area contributed by atoms with Gasteiger partial charge in [0.2, 0.25) is 0 Å². The highest BCUT2D eigenvalue weighted by molar-refractivity contribution is 6.30. The molecule has 7 heteroatoms. The molecule has 1 heterocycles. The molecule has 6 nitrogen and oxygen atoms in total. The lowest BCUT2D eigenvalue weighted by Crippen LogP contribution is -2.08. The highest BCUT2D eigenvalue weighted by Gasteiger charge is 2.23. The molecule has 170 valence electrons. The van der Waals surface area contributed by atoms with Crippen LogP contribution in [0.25, 0.3) is 38.3 Å². The molecule has 0 spiro atoms. The maximum atomic E-state index is 13.2. The molecule has 0 aromatic heterocycles. The molecule has 0 saturated heterocycles. The Kier molecular flexibility index (Phi) is 5.69. The van der Waals surface area contributed by atoms with E-state index in [4.69, 9.17) is 27.3 Å². The Balaban J connectivity index is 1.69. The van der Waals surface area contributed by atoms with Gasteiger partial charge in [-0.25, -0.2) is 9.64 Å². The van der Waals surface area contributed by atoms with Gasteiger partial charge >= 0.3 is 5.97 Å². The third-order valence-electron chi connectivity index (χ3n) is 5.58. The largest absolute Gasteiger partial charge is 0.508 e. The number of carbonyl (C=O) groups excluding carboxylic acids is 1. The third kappa shape index (κ3) is 4.33. The molecule has 1 aliphatic heterocycles. The van der Waals surface area contributed by atoms with E-state index in [0.717, 1.165) is 5.56 Å². The summed E-state index contributed by atoms with van der Waals surface area (Å²) in [4.78, 5) is 28.8. The smallest absolute Gasteiger partial charge is 0.338 e. The van der Waals surface area contributed by atoms with Crippen molar-refractivity contribution in [3.63, 3.8) is 0 Å². The molecule has 0 atom stereocenters. The van der Waals surface area contributed by atoms with Crippen LogP contribution in [0.15, 0.2) is 88.1 Å². The molecule has 0 unspecified atom stereocenters. The summed E-state index contributed by atoms with van der Waals surface area (Å²) in [5.41, 5.74) is 3.05. The molecule has 0 fully saturated rings. The molecular weight excluding hydrogens is 466 g/mol. The predicted octanol–water partition coefficient (Wildman–Crippen LogP) is 6.83. The van der Waals surface area contributed by atoms with Crippen LogP contribution in [0.5, 0.6) is 5.75 Å². The SMILES string of the molecule is [C-]#[N+]c1ccc(C(=O)OCc2ccc(Cl)cc2)c(-c2c3ccc(=O)cc-3oc3cc(O)ccc23)c1. The molecule has 1 N–H and O–H groups in total. The maximum absolute atomic E-state index is 13.2. The van der Waals surface area contributed by atoms with Gasteiger partial charge in [-0.1, -0.05) is 35.9 Å². The van der Waals surface area contributed by atoms with Crippen LogP contribution in [-0.4, -0.2) is 11.1 Å². The summed E-state index contributed by atoms with van der Waals surface area (Å²) in [6, 6.07) is 20.7. The van der Waals surface area contributed by atoms with E-state index >= 15 is 0 Å². The van der Waals surface area contributed by atoms with Crippen molar-refractivity contribution >= 4 is 34.2 Å². The first kappa shape index (κ1) is 22.2. The number of phenols is 1. The number of phenolic OH excluding ortho intramolecular Hbond substituents is 1. The monoisotopic (exact) mass is 481 g/mol. The first-order valence-electron chi connectivity index (χ1n) is 10.6. The number of benzene rings is 4. The van der Waals surface area contributed by atoms with Crippen molar-refractivity contribution < 1.29 is 19.1 Å². The summed E-state index contributed by atoms with van der Waals surface area (Å²) in [5.74, 6) is -0.297. The van der Waals surface area contributed by atoms with E-state index in [9.17, 15) is 14.7 Å². The van der Waals surface area contributed by atoms with Gasteiger partial charge in [-0.2, -0.15) is 0 Å². The lowest BCUT2D eigenvalue weighted by molar-refractivity contribution is 0.0473. The zero-order valence-corrected chi connectivity index (χ0v) is 18.9. The Hall–Kier alpha value is -4.60. The van der Waals surface area contributed by atoms with Crippen LogP contribution in [0.3, 0.4) is 0 Å². The van der Waals surface area contributed by atoms with Gasteiger partial charge in [0, 0.05) is 33.7 Å². The number of ether oxygens (including phenoxy) is 1. The Morgan fingerprint density at radius 3 is 2.54 bits per heavy atom. The Morgan fingerprint density at radius 1 is 0.971 bits per heavy atom. The first-order valence-corrected chi connectivity index (χ1v) is 10.9. The Labute approximate surface area is 204 Å². The van der Waals surface area contributed by atoms with Gasteiger partial charge in [-0.3, -0.25) is 4.79 Å². The fourth-order valence-corrected chi connectivity index (χ4v) is 4.07. The van der Waals surface area contributed by atoms with E-state index in [-0.39, 0.29) is 23.3 Å². The van der Waals surface area contributed by atoms with Gasteiger partial charge in [0.15, 0.2) is 11.1 Å². The zero-order chi connectivity index (χ0) is 24.5. The van der Waals surface area contributed by atoms with E-state index < -0.39 is 5.97 Å². The molecule has 5 rings (SSSR count). The number of rotatable bonds is 4. The first-order chi connectivity index (χ1) is 16.9. The second-order valence-electron chi connectivity index (χ2n) is 7.86. The van der Waals surface area contributed by atoms with Gasteiger partial charge < -0.3 is 14.3 Å². The summed E-state index contributed by atoms with van der Waals surface area (Å²) < 4.78 is 11.5. The van der Waals surface area contributed by atoms with Crippen LogP contribution in [0.2, 0.25) is 5.02 Å². The predicted molar refractivity (Wildman–Crippen MR) is 133 cm³/mol. The van der Waals surface area contributed by atoms with Crippen LogP contribution in [-0.2, 0) is 11.3 Å². The highest BCUT2D eigenvalue weighted by Crippen LogP contribution is 2.43. The molecule has 0 radical (unpaired) electrons. The molecule has 2 aliphatic rings. The summed E-state index contributed by atoms with van der Waals surface area (Å²) in [6.07, 6.45) is 0. The number of hydrogen-bond donors (Lipinski definition) is 1. The van der Waals surface area contributed by atoms with E-state index in [2.05, 4.69) is 4.85 Å². The van der Waals surface area contributed by atoms with Crippen molar-refractivity contribution in [2.75, 3.05) is 0 Å². The van der Waals surface area contributed by atoms with E-state index in [1.807, 2.05) is 0 Å². The highest BCUT2D eigenvalue weighted by atomic mass is 35.5. The fraction of sp³-hybridized carbons (Fsp3) is 0.0357. The van der Waals surface area contributed by atoms with Gasteiger partial charge in [-0.15, -0.1) is 0 Å². The number of nitrogens with zero attached hydrogens (tertiary/aromatic N) is 1. The van der Waals surface area contributed by atoms with Crippen molar-refractivity contribution in [2.24, 2.45) is 0 Å². The Morgan fingerprint density at radius 2 is 1.77 bits per heavy atom. The quantitative estimate of drug-likeness (QED) is 0.173. The van der Waals surface area contributed by atoms with Crippen molar-refractivity contribution in [3.8, 4) is 28.2 Å². The van der Waals surface area contributed by atoms with Crippen LogP contribution in [0, 0.1) is 6.57 Å². The van der Waals surface area contributed by atoms with Gasteiger partial charge in [0.1, 0.15) is 23.7 Å². The number of halogens is 1. The number of aromatic hydroxyl groups is 1. The molecule has 1 aliphatic carbocycles. The van der Waals surface area contributed by atoms with Crippen molar-refractivity contribution in [3.05, 3.63) is 117 Å². The minimum atomic E-state index is -0.576. The minimum Gasteiger partial charge on any atom is -0.508 e.